The molecule has 0 amide bonds. The van der Waals surface area contributed by atoms with Crippen molar-refractivity contribution < 1.29 is 13.2 Å². The van der Waals surface area contributed by atoms with Gasteiger partial charge in [0, 0.05) is 31.4 Å². The molecule has 0 unspecified atom stereocenters. The quantitative estimate of drug-likeness (QED) is 0.300. The van der Waals surface area contributed by atoms with Gasteiger partial charge in [-0.05, 0) is 32.1 Å². The van der Waals surface area contributed by atoms with Crippen molar-refractivity contribution in [1.82, 2.24) is 20.5 Å². The molecule has 1 aromatic carbocycles. The highest BCUT2D eigenvalue weighted by molar-refractivity contribution is 14.0. The number of thiazole rings is 1. The van der Waals surface area contributed by atoms with Crippen molar-refractivity contribution in [3.05, 3.63) is 51.5 Å². The van der Waals surface area contributed by atoms with Crippen LogP contribution in [-0.4, -0.2) is 43.0 Å². The molecule has 29 heavy (non-hydrogen) atoms. The molecule has 5 nitrogen and oxygen atoms in total. The number of aromatic nitrogens is 1. The Labute approximate surface area is 190 Å². The molecule has 0 radical (unpaired) electrons. The van der Waals surface area contributed by atoms with Crippen molar-refractivity contribution in [1.29, 1.82) is 0 Å². The maximum Gasteiger partial charge on any atom is 0.434 e. The lowest BCUT2D eigenvalue weighted by molar-refractivity contribution is -0.140. The van der Waals surface area contributed by atoms with Crippen LogP contribution in [0.5, 0.6) is 0 Å². The second-order valence-corrected chi connectivity index (χ2v) is 7.45. The van der Waals surface area contributed by atoms with Gasteiger partial charge < -0.3 is 15.5 Å². The molecule has 2 rings (SSSR count). The van der Waals surface area contributed by atoms with Crippen LogP contribution in [0.4, 0.5) is 13.2 Å². The summed E-state index contributed by atoms with van der Waals surface area (Å²) in [5, 5.41) is 7.82. The van der Waals surface area contributed by atoms with Crippen LogP contribution in [0.1, 0.15) is 28.8 Å². The first-order valence-electron chi connectivity index (χ1n) is 9.05. The average molecular weight is 541 g/mol. The minimum absolute atomic E-state index is 0. The summed E-state index contributed by atoms with van der Waals surface area (Å²) in [6, 6.07) is 8.15. The second-order valence-electron chi connectivity index (χ2n) is 6.50. The molecule has 0 saturated carbocycles. The maximum absolute atomic E-state index is 12.6. The topological polar surface area (TPSA) is 52.6 Å². The molecule has 0 atom stereocenters. The van der Waals surface area contributed by atoms with E-state index in [1.54, 1.807) is 0 Å². The van der Waals surface area contributed by atoms with E-state index in [1.807, 2.05) is 33.2 Å². The highest BCUT2D eigenvalue weighted by Gasteiger charge is 2.33. The van der Waals surface area contributed by atoms with Gasteiger partial charge in [0.15, 0.2) is 11.7 Å². The van der Waals surface area contributed by atoms with E-state index in [1.165, 1.54) is 5.56 Å². The van der Waals surface area contributed by atoms with Crippen LogP contribution in [0.3, 0.4) is 0 Å². The Hall–Kier alpha value is -1.40. The van der Waals surface area contributed by atoms with Crippen molar-refractivity contribution in [3.63, 3.8) is 0 Å². The number of guanidine groups is 1. The third-order valence-electron chi connectivity index (χ3n) is 3.83. The zero-order valence-electron chi connectivity index (χ0n) is 16.7. The van der Waals surface area contributed by atoms with E-state index in [-0.39, 0.29) is 24.0 Å². The smallest absolute Gasteiger partial charge is 0.357 e. The van der Waals surface area contributed by atoms with Crippen molar-refractivity contribution in [2.75, 3.05) is 27.2 Å². The van der Waals surface area contributed by atoms with Crippen LogP contribution < -0.4 is 10.6 Å². The Kier molecular flexibility index (Phi) is 10.9. The number of benzene rings is 1. The van der Waals surface area contributed by atoms with Gasteiger partial charge in [-0.2, -0.15) is 13.2 Å². The molecule has 0 saturated heterocycles. The van der Waals surface area contributed by atoms with E-state index < -0.39 is 11.9 Å². The Morgan fingerprint density at radius 3 is 2.45 bits per heavy atom. The highest BCUT2D eigenvalue weighted by Crippen LogP contribution is 2.30. The second kappa shape index (κ2) is 12.3. The first-order valence-corrected chi connectivity index (χ1v) is 9.93. The lowest BCUT2D eigenvalue weighted by Crippen LogP contribution is -2.38. The molecule has 162 valence electrons. The molecule has 0 aliphatic heterocycles. The first-order chi connectivity index (χ1) is 13.3. The van der Waals surface area contributed by atoms with Crippen LogP contribution in [0.25, 0.3) is 0 Å². The van der Waals surface area contributed by atoms with Gasteiger partial charge in [-0.1, -0.05) is 24.3 Å². The van der Waals surface area contributed by atoms with E-state index in [9.17, 15) is 13.2 Å². The zero-order chi connectivity index (χ0) is 20.6. The van der Waals surface area contributed by atoms with Crippen molar-refractivity contribution in [2.45, 2.75) is 32.6 Å². The number of alkyl halides is 3. The van der Waals surface area contributed by atoms with E-state index in [0.717, 1.165) is 28.8 Å². The number of rotatable bonds is 8. The van der Waals surface area contributed by atoms with Gasteiger partial charge in [-0.3, -0.25) is 0 Å². The molecule has 0 spiro atoms. The fraction of sp³-hybridized carbons (Fsp3) is 0.474. The van der Waals surface area contributed by atoms with Gasteiger partial charge in [0.2, 0.25) is 0 Å². The summed E-state index contributed by atoms with van der Waals surface area (Å²) in [6.07, 6.45) is -3.99. The first kappa shape index (κ1) is 25.6. The van der Waals surface area contributed by atoms with Crippen molar-refractivity contribution >= 4 is 41.3 Å². The predicted octanol–water partition coefficient (Wildman–Crippen LogP) is 4.14. The molecule has 2 N–H and O–H groups in total. The molecule has 10 heteroatoms. The molecule has 1 aromatic heterocycles. The van der Waals surface area contributed by atoms with E-state index >= 15 is 0 Å². The highest BCUT2D eigenvalue weighted by atomic mass is 127. The van der Waals surface area contributed by atoms with Gasteiger partial charge in [0.05, 0.1) is 11.6 Å². The van der Waals surface area contributed by atoms with Crippen LogP contribution >= 0.6 is 35.3 Å². The summed E-state index contributed by atoms with van der Waals surface area (Å²) in [7, 11) is 4.04. The molecule has 0 aliphatic rings. The summed E-state index contributed by atoms with van der Waals surface area (Å²) in [4.78, 5) is 10.4. The molecular formula is C19H27F3IN5S. The summed E-state index contributed by atoms with van der Waals surface area (Å²) in [5.41, 5.74) is 1.53. The van der Waals surface area contributed by atoms with Crippen LogP contribution in [0.2, 0.25) is 0 Å². The lowest BCUT2D eigenvalue weighted by Gasteiger charge is -2.14. The van der Waals surface area contributed by atoms with E-state index in [2.05, 4.69) is 37.6 Å². The van der Waals surface area contributed by atoms with E-state index in [4.69, 9.17) is 0 Å². The molecule has 2 aromatic rings. The molecule has 1 heterocycles. The Bertz CT molecular complexity index is 777. The Morgan fingerprint density at radius 1 is 1.17 bits per heavy atom. The van der Waals surface area contributed by atoms with Crippen LogP contribution in [0.15, 0.2) is 34.6 Å². The van der Waals surface area contributed by atoms with Gasteiger partial charge in [0.1, 0.15) is 0 Å². The Morgan fingerprint density at radius 2 is 1.86 bits per heavy atom. The summed E-state index contributed by atoms with van der Waals surface area (Å²) in [5.74, 6) is 0.634. The molecule has 0 bridgehead atoms. The average Bonchev–Trinajstić information content (AvgIpc) is 3.09. The number of nitrogens with one attached hydrogen (secondary N) is 2. The minimum atomic E-state index is -4.39. The summed E-state index contributed by atoms with van der Waals surface area (Å²) < 4.78 is 37.9. The summed E-state index contributed by atoms with van der Waals surface area (Å²) >= 11 is 1.02. The number of hydrogen-bond acceptors (Lipinski definition) is 4. The van der Waals surface area contributed by atoms with Gasteiger partial charge in [-0.25, -0.2) is 9.98 Å². The number of nitrogens with zero attached hydrogens (tertiary/aromatic N) is 3. The molecule has 0 aliphatic carbocycles. The van der Waals surface area contributed by atoms with Crippen LogP contribution in [-0.2, 0) is 25.7 Å². The zero-order valence-corrected chi connectivity index (χ0v) is 19.9. The fourth-order valence-corrected chi connectivity index (χ4v) is 3.36. The largest absolute Gasteiger partial charge is 0.434 e. The maximum atomic E-state index is 12.6. The number of aliphatic imine (C=N–C) groups is 1. The minimum Gasteiger partial charge on any atom is -0.357 e. The van der Waals surface area contributed by atoms with Gasteiger partial charge >= 0.3 is 6.18 Å². The van der Waals surface area contributed by atoms with Crippen LogP contribution in [0, 0.1) is 0 Å². The third kappa shape index (κ3) is 8.87. The Balaban J connectivity index is 0.00000420. The summed E-state index contributed by atoms with van der Waals surface area (Å²) in [6.45, 7) is 4.47. The van der Waals surface area contributed by atoms with E-state index in [0.29, 0.717) is 37.0 Å². The third-order valence-corrected chi connectivity index (χ3v) is 4.74. The predicted molar refractivity (Wildman–Crippen MR) is 123 cm³/mol. The van der Waals surface area contributed by atoms with Gasteiger partial charge in [-0.15, -0.1) is 35.3 Å². The normalized spacial score (nSPS) is 12.0. The van der Waals surface area contributed by atoms with Crippen molar-refractivity contribution in [3.8, 4) is 0 Å². The SMILES string of the molecule is CCNC(=NCc1ccccc1CN(C)C)NCCc1nc(C(F)(F)F)cs1.I. The monoisotopic (exact) mass is 541 g/mol. The lowest BCUT2D eigenvalue weighted by atomic mass is 10.1. The fourth-order valence-electron chi connectivity index (χ4n) is 2.56. The molecular weight excluding hydrogens is 514 g/mol. The van der Waals surface area contributed by atoms with Crippen molar-refractivity contribution in [2.24, 2.45) is 4.99 Å². The number of hydrogen-bond donors (Lipinski definition) is 2. The standard InChI is InChI=1S/C19H26F3N5S.HI/c1-4-23-18(24-10-9-17-26-16(13-28-17)19(20,21)22)25-11-14-7-5-6-8-15(14)12-27(2)3;/h5-8,13H,4,9-12H2,1-3H3,(H2,23,24,25);1H. The van der Waals surface area contributed by atoms with Gasteiger partial charge in [0.25, 0.3) is 0 Å². The molecule has 0 fully saturated rings. The number of halogens is 4.